The smallest absolute Gasteiger partial charge is 0.284 e. The van der Waals surface area contributed by atoms with Crippen molar-refractivity contribution in [3.05, 3.63) is 11.8 Å². The quantitative estimate of drug-likeness (QED) is 0.737. The topological polar surface area (TPSA) is 68.4 Å². The molecule has 4 nitrogen and oxygen atoms in total. The Balaban J connectivity index is 3.27. The molecule has 0 saturated heterocycles. The third-order valence-electron chi connectivity index (χ3n) is 1.43. The predicted octanol–water partition coefficient (Wildman–Crippen LogP) is 1.32. The summed E-state index contributed by atoms with van der Waals surface area (Å²) in [5.74, 6) is -0.903. The Morgan fingerprint density at radius 2 is 2.23 bits per heavy atom. The van der Waals surface area contributed by atoms with E-state index >= 15 is 0 Å². The molecular formula is C7H8F2N2O2. The molecule has 3 N–H and O–H groups in total. The molecule has 13 heavy (non-hydrogen) atoms. The Bertz CT molecular complexity index is 318. The number of methoxy groups -OCH3 is 1. The Kier molecular flexibility index (Phi) is 2.50. The van der Waals surface area contributed by atoms with Crippen LogP contribution in [0.2, 0.25) is 0 Å². The van der Waals surface area contributed by atoms with Crippen molar-refractivity contribution in [3.63, 3.8) is 0 Å². The first-order chi connectivity index (χ1) is 6.06. The van der Waals surface area contributed by atoms with Crippen LogP contribution in [0.3, 0.4) is 0 Å². The molecule has 0 spiro atoms. The fourth-order valence-electron chi connectivity index (χ4n) is 0.861. The van der Waals surface area contributed by atoms with Crippen LogP contribution in [0.25, 0.3) is 0 Å². The maximum absolute atomic E-state index is 12.2. The number of hydrogen-bond donors (Lipinski definition) is 2. The van der Waals surface area contributed by atoms with Crippen LogP contribution in [0.4, 0.5) is 14.6 Å². The minimum absolute atomic E-state index is 0.109. The number of nitrogen functional groups attached to an aromatic ring is 1. The molecule has 0 saturated carbocycles. The van der Waals surface area contributed by atoms with E-state index in [9.17, 15) is 8.78 Å². The van der Waals surface area contributed by atoms with E-state index < -0.39 is 17.9 Å². The van der Waals surface area contributed by atoms with E-state index in [1.807, 2.05) is 0 Å². The molecule has 1 rings (SSSR count). The Morgan fingerprint density at radius 3 is 2.69 bits per heavy atom. The van der Waals surface area contributed by atoms with Gasteiger partial charge < -0.3 is 15.6 Å². The number of rotatable bonds is 2. The van der Waals surface area contributed by atoms with Crippen LogP contribution in [0.15, 0.2) is 6.07 Å². The summed E-state index contributed by atoms with van der Waals surface area (Å²) in [4.78, 5) is 3.28. The number of aromatic nitrogens is 1. The fourth-order valence-corrected chi connectivity index (χ4v) is 0.861. The predicted molar refractivity (Wildman–Crippen MR) is 41.8 cm³/mol. The number of halogens is 2. The van der Waals surface area contributed by atoms with Crippen LogP contribution in [0.5, 0.6) is 11.5 Å². The van der Waals surface area contributed by atoms with E-state index in [-0.39, 0.29) is 11.6 Å². The molecule has 1 aromatic rings. The second-order valence-electron chi connectivity index (χ2n) is 2.28. The van der Waals surface area contributed by atoms with E-state index in [1.165, 1.54) is 13.2 Å². The standard InChI is InChI=1S/C7H8F2N2O2/c1-13-3-2-4(10)11-5(6(3)12)7(8)9/h2,7,12H,1H3,(H2,10,11). The maximum Gasteiger partial charge on any atom is 0.284 e. The zero-order valence-electron chi connectivity index (χ0n) is 6.79. The summed E-state index contributed by atoms with van der Waals surface area (Å²) in [6.45, 7) is 0. The molecule has 0 unspecified atom stereocenters. The van der Waals surface area contributed by atoms with Crippen molar-refractivity contribution in [2.75, 3.05) is 12.8 Å². The highest BCUT2D eigenvalue weighted by atomic mass is 19.3. The molecule has 0 atom stereocenters. The lowest BCUT2D eigenvalue weighted by Crippen LogP contribution is -1.99. The number of pyridine rings is 1. The number of aromatic hydroxyl groups is 1. The van der Waals surface area contributed by atoms with E-state index in [0.717, 1.165) is 0 Å². The van der Waals surface area contributed by atoms with Gasteiger partial charge in [-0.1, -0.05) is 0 Å². The average Bonchev–Trinajstić information content (AvgIpc) is 2.08. The summed E-state index contributed by atoms with van der Waals surface area (Å²) >= 11 is 0. The first-order valence-corrected chi connectivity index (χ1v) is 3.37. The number of nitrogens with two attached hydrogens (primary N) is 1. The van der Waals surface area contributed by atoms with Gasteiger partial charge in [-0.05, 0) is 0 Å². The van der Waals surface area contributed by atoms with E-state index in [0.29, 0.717) is 0 Å². The van der Waals surface area contributed by atoms with Crippen LogP contribution >= 0.6 is 0 Å². The summed E-state index contributed by atoms with van der Waals surface area (Å²) in [5.41, 5.74) is 4.44. The number of hydrogen-bond acceptors (Lipinski definition) is 4. The second-order valence-corrected chi connectivity index (χ2v) is 2.28. The van der Waals surface area contributed by atoms with Crippen molar-refractivity contribution in [3.8, 4) is 11.5 Å². The van der Waals surface area contributed by atoms with Gasteiger partial charge >= 0.3 is 0 Å². The summed E-state index contributed by atoms with van der Waals surface area (Å²) in [5, 5.41) is 9.16. The third kappa shape index (κ3) is 1.77. The molecule has 0 bridgehead atoms. The highest BCUT2D eigenvalue weighted by Gasteiger charge is 2.19. The molecule has 1 aromatic heterocycles. The van der Waals surface area contributed by atoms with Gasteiger partial charge in [-0.25, -0.2) is 13.8 Å². The van der Waals surface area contributed by atoms with E-state index in [1.54, 1.807) is 0 Å². The molecule has 0 fully saturated rings. The van der Waals surface area contributed by atoms with Crippen LogP contribution in [-0.2, 0) is 0 Å². The molecule has 0 amide bonds. The van der Waals surface area contributed by atoms with Crippen molar-refractivity contribution in [1.29, 1.82) is 0 Å². The largest absolute Gasteiger partial charge is 0.503 e. The molecule has 6 heteroatoms. The minimum Gasteiger partial charge on any atom is -0.503 e. The highest BCUT2D eigenvalue weighted by Crippen LogP contribution is 2.35. The molecule has 72 valence electrons. The molecule has 0 aliphatic rings. The fraction of sp³-hybridized carbons (Fsp3) is 0.286. The lowest BCUT2D eigenvalue weighted by molar-refractivity contribution is 0.141. The van der Waals surface area contributed by atoms with Crippen molar-refractivity contribution in [1.82, 2.24) is 4.98 Å². The van der Waals surface area contributed by atoms with Gasteiger partial charge in [0.15, 0.2) is 17.2 Å². The van der Waals surface area contributed by atoms with Gasteiger partial charge in [0.25, 0.3) is 6.43 Å². The van der Waals surface area contributed by atoms with Gasteiger partial charge in [-0.3, -0.25) is 0 Å². The average molecular weight is 190 g/mol. The first-order valence-electron chi connectivity index (χ1n) is 3.37. The van der Waals surface area contributed by atoms with Crippen molar-refractivity contribution in [2.45, 2.75) is 6.43 Å². The minimum atomic E-state index is -2.88. The Morgan fingerprint density at radius 1 is 1.62 bits per heavy atom. The number of ether oxygens (including phenoxy) is 1. The van der Waals surface area contributed by atoms with Crippen molar-refractivity contribution >= 4 is 5.82 Å². The van der Waals surface area contributed by atoms with Crippen molar-refractivity contribution < 1.29 is 18.6 Å². The molecule has 0 aliphatic carbocycles. The Hall–Kier alpha value is -1.59. The lowest BCUT2D eigenvalue weighted by Gasteiger charge is -2.08. The number of anilines is 1. The van der Waals surface area contributed by atoms with Gasteiger partial charge in [0.05, 0.1) is 7.11 Å². The van der Waals surface area contributed by atoms with Crippen LogP contribution in [0.1, 0.15) is 12.1 Å². The first kappa shape index (κ1) is 9.50. The van der Waals surface area contributed by atoms with E-state index in [2.05, 4.69) is 9.72 Å². The van der Waals surface area contributed by atoms with Crippen LogP contribution in [-0.4, -0.2) is 17.2 Å². The third-order valence-corrected chi connectivity index (χ3v) is 1.43. The van der Waals surface area contributed by atoms with Gasteiger partial charge in [-0.15, -0.1) is 0 Å². The normalized spacial score (nSPS) is 10.5. The molecular weight excluding hydrogens is 182 g/mol. The Labute approximate surface area is 73.0 Å². The summed E-state index contributed by atoms with van der Waals surface area (Å²) < 4.78 is 29.0. The zero-order chi connectivity index (χ0) is 10.0. The van der Waals surface area contributed by atoms with Gasteiger partial charge in [0.2, 0.25) is 0 Å². The van der Waals surface area contributed by atoms with E-state index in [4.69, 9.17) is 10.8 Å². The molecule has 0 aromatic carbocycles. The van der Waals surface area contributed by atoms with Crippen LogP contribution < -0.4 is 10.5 Å². The maximum atomic E-state index is 12.2. The highest BCUT2D eigenvalue weighted by molar-refractivity contribution is 5.49. The summed E-state index contributed by atoms with van der Waals surface area (Å²) in [6, 6.07) is 1.17. The van der Waals surface area contributed by atoms with Gasteiger partial charge in [0, 0.05) is 6.07 Å². The molecule has 0 radical (unpaired) electrons. The monoisotopic (exact) mass is 190 g/mol. The molecule has 0 aliphatic heterocycles. The number of nitrogens with zero attached hydrogens (tertiary/aromatic N) is 1. The zero-order valence-corrected chi connectivity index (χ0v) is 6.79. The summed E-state index contributed by atoms with van der Waals surface area (Å²) in [6.07, 6.45) is -2.88. The van der Waals surface area contributed by atoms with Gasteiger partial charge in [0.1, 0.15) is 5.82 Å². The SMILES string of the molecule is COc1cc(N)nc(C(F)F)c1O. The lowest BCUT2D eigenvalue weighted by atomic mass is 10.3. The van der Waals surface area contributed by atoms with Crippen LogP contribution in [0, 0.1) is 0 Å². The number of alkyl halides is 2. The van der Waals surface area contributed by atoms with Crippen molar-refractivity contribution in [2.24, 2.45) is 0 Å². The van der Waals surface area contributed by atoms with Gasteiger partial charge in [-0.2, -0.15) is 0 Å². The summed E-state index contributed by atoms with van der Waals surface area (Å²) in [7, 11) is 1.24. The second kappa shape index (κ2) is 3.42. The molecule has 1 heterocycles.